The Morgan fingerprint density at radius 3 is 2.53 bits per heavy atom. The van der Waals surface area contributed by atoms with Crippen molar-refractivity contribution in [3.8, 4) is 5.69 Å². The molecule has 2 aromatic heterocycles. The van der Waals surface area contributed by atoms with Gasteiger partial charge in [0, 0.05) is 15.2 Å². The minimum Gasteiger partial charge on any atom is -0.300 e. The van der Waals surface area contributed by atoms with Crippen LogP contribution in [0.25, 0.3) is 26.8 Å². The summed E-state index contributed by atoms with van der Waals surface area (Å²) in [4.78, 5) is 1.30. The SMILES string of the molecule is Brc1ccccc1-n1c2ccccc2c2ccsc21. The van der Waals surface area contributed by atoms with Crippen LogP contribution in [0.2, 0.25) is 0 Å². The minimum atomic E-state index is 1.12. The number of hydrogen-bond acceptors (Lipinski definition) is 1. The fourth-order valence-electron chi connectivity index (χ4n) is 2.56. The molecule has 0 spiro atoms. The molecule has 0 radical (unpaired) electrons. The Bertz CT molecular complexity index is 888. The van der Waals surface area contributed by atoms with E-state index in [1.54, 1.807) is 11.3 Å². The Hall–Kier alpha value is -1.58. The van der Waals surface area contributed by atoms with Crippen LogP contribution in [-0.2, 0) is 0 Å². The topological polar surface area (TPSA) is 4.93 Å². The maximum Gasteiger partial charge on any atom is 0.108 e. The van der Waals surface area contributed by atoms with E-state index in [1.165, 1.54) is 26.8 Å². The summed E-state index contributed by atoms with van der Waals surface area (Å²) in [6.45, 7) is 0. The molecule has 2 aromatic carbocycles. The van der Waals surface area contributed by atoms with E-state index in [0.29, 0.717) is 0 Å². The number of thiophene rings is 1. The summed E-state index contributed by atoms with van der Waals surface area (Å²) < 4.78 is 3.45. The van der Waals surface area contributed by atoms with Gasteiger partial charge in [0.05, 0.1) is 11.2 Å². The molecular formula is C16H10BrNS. The highest BCUT2D eigenvalue weighted by Crippen LogP contribution is 2.36. The smallest absolute Gasteiger partial charge is 0.108 e. The van der Waals surface area contributed by atoms with E-state index < -0.39 is 0 Å². The highest BCUT2D eigenvalue weighted by atomic mass is 79.9. The highest BCUT2D eigenvalue weighted by Gasteiger charge is 2.13. The Kier molecular flexibility index (Phi) is 2.50. The molecule has 0 aliphatic carbocycles. The van der Waals surface area contributed by atoms with Crippen molar-refractivity contribution in [1.82, 2.24) is 4.57 Å². The van der Waals surface area contributed by atoms with Crippen molar-refractivity contribution in [1.29, 1.82) is 0 Å². The largest absolute Gasteiger partial charge is 0.300 e. The van der Waals surface area contributed by atoms with Gasteiger partial charge in [-0.1, -0.05) is 30.3 Å². The van der Waals surface area contributed by atoms with E-state index in [9.17, 15) is 0 Å². The van der Waals surface area contributed by atoms with Crippen molar-refractivity contribution in [2.24, 2.45) is 0 Å². The van der Waals surface area contributed by atoms with Crippen LogP contribution in [0.5, 0.6) is 0 Å². The van der Waals surface area contributed by atoms with Crippen molar-refractivity contribution < 1.29 is 0 Å². The van der Waals surface area contributed by atoms with Crippen molar-refractivity contribution in [2.45, 2.75) is 0 Å². The van der Waals surface area contributed by atoms with Gasteiger partial charge in [0.1, 0.15) is 4.83 Å². The van der Waals surface area contributed by atoms with Crippen LogP contribution in [0.3, 0.4) is 0 Å². The molecule has 4 rings (SSSR count). The first-order valence-electron chi connectivity index (χ1n) is 6.08. The lowest BCUT2D eigenvalue weighted by Gasteiger charge is -2.08. The molecular weight excluding hydrogens is 318 g/mol. The fourth-order valence-corrected chi connectivity index (χ4v) is 3.96. The van der Waals surface area contributed by atoms with E-state index in [4.69, 9.17) is 0 Å². The van der Waals surface area contributed by atoms with Crippen LogP contribution in [0, 0.1) is 0 Å². The Morgan fingerprint density at radius 1 is 0.842 bits per heavy atom. The minimum absolute atomic E-state index is 1.12. The zero-order chi connectivity index (χ0) is 12.8. The molecule has 0 saturated heterocycles. The monoisotopic (exact) mass is 327 g/mol. The summed E-state index contributed by atoms with van der Waals surface area (Å²) >= 11 is 5.45. The van der Waals surface area contributed by atoms with Gasteiger partial charge in [0.25, 0.3) is 0 Å². The van der Waals surface area contributed by atoms with E-state index in [1.807, 2.05) is 6.07 Å². The normalized spacial score (nSPS) is 11.4. The average Bonchev–Trinajstić information content (AvgIpc) is 3.00. The highest BCUT2D eigenvalue weighted by molar-refractivity contribution is 9.10. The van der Waals surface area contributed by atoms with Crippen molar-refractivity contribution in [3.05, 3.63) is 64.5 Å². The van der Waals surface area contributed by atoms with Gasteiger partial charge >= 0.3 is 0 Å². The van der Waals surface area contributed by atoms with Gasteiger partial charge in [-0.2, -0.15) is 0 Å². The number of aromatic nitrogens is 1. The van der Waals surface area contributed by atoms with Gasteiger partial charge < -0.3 is 0 Å². The lowest BCUT2D eigenvalue weighted by Crippen LogP contribution is -1.93. The van der Waals surface area contributed by atoms with Crippen LogP contribution in [0.1, 0.15) is 0 Å². The molecule has 0 saturated carbocycles. The van der Waals surface area contributed by atoms with Gasteiger partial charge in [-0.15, -0.1) is 11.3 Å². The van der Waals surface area contributed by atoms with E-state index in [0.717, 1.165) is 4.47 Å². The number of para-hydroxylation sites is 2. The summed E-state index contributed by atoms with van der Waals surface area (Å²) in [7, 11) is 0. The maximum absolute atomic E-state index is 3.66. The molecule has 0 aliphatic rings. The molecule has 2 heterocycles. The standard InChI is InChI=1S/C16H10BrNS/c17-13-6-2-4-8-15(13)18-14-7-3-1-5-11(14)12-9-10-19-16(12)18/h1-10H. The maximum atomic E-state index is 3.66. The zero-order valence-electron chi connectivity index (χ0n) is 10.0. The second kappa shape index (κ2) is 4.22. The summed E-state index contributed by atoms with van der Waals surface area (Å²) in [5, 5.41) is 4.80. The lowest BCUT2D eigenvalue weighted by atomic mass is 10.2. The van der Waals surface area contributed by atoms with E-state index in [-0.39, 0.29) is 0 Å². The lowest BCUT2D eigenvalue weighted by molar-refractivity contribution is 1.18. The molecule has 0 bridgehead atoms. The molecule has 0 N–H and O–H groups in total. The summed E-state index contributed by atoms with van der Waals surface area (Å²) in [5.74, 6) is 0. The predicted octanol–water partition coefficient (Wildman–Crippen LogP) is 5.61. The third-order valence-electron chi connectivity index (χ3n) is 3.38. The van der Waals surface area contributed by atoms with Gasteiger partial charge in [-0.25, -0.2) is 0 Å². The third kappa shape index (κ3) is 1.58. The molecule has 0 fully saturated rings. The molecule has 0 aliphatic heterocycles. The van der Waals surface area contributed by atoms with Crippen LogP contribution in [0.15, 0.2) is 64.5 Å². The molecule has 92 valence electrons. The zero-order valence-corrected chi connectivity index (χ0v) is 12.4. The number of halogens is 1. The first-order valence-corrected chi connectivity index (χ1v) is 7.75. The second-order valence-electron chi connectivity index (χ2n) is 4.44. The number of hydrogen-bond donors (Lipinski definition) is 0. The van der Waals surface area contributed by atoms with Gasteiger partial charge in [-0.3, -0.25) is 4.57 Å². The molecule has 1 nitrogen and oxygen atoms in total. The Morgan fingerprint density at radius 2 is 1.63 bits per heavy atom. The first-order chi connectivity index (χ1) is 9.36. The van der Waals surface area contributed by atoms with Gasteiger partial charge in [0.15, 0.2) is 0 Å². The average molecular weight is 328 g/mol. The molecule has 19 heavy (non-hydrogen) atoms. The molecule has 3 heteroatoms. The van der Waals surface area contributed by atoms with Crippen LogP contribution in [-0.4, -0.2) is 4.57 Å². The molecule has 4 aromatic rings. The predicted molar refractivity (Wildman–Crippen MR) is 86.4 cm³/mol. The third-order valence-corrected chi connectivity index (χ3v) is 4.94. The van der Waals surface area contributed by atoms with Crippen molar-refractivity contribution in [3.63, 3.8) is 0 Å². The fraction of sp³-hybridized carbons (Fsp3) is 0. The molecule has 0 atom stereocenters. The van der Waals surface area contributed by atoms with E-state index >= 15 is 0 Å². The van der Waals surface area contributed by atoms with E-state index in [2.05, 4.69) is 74.4 Å². The first kappa shape index (κ1) is 11.3. The van der Waals surface area contributed by atoms with Crippen molar-refractivity contribution >= 4 is 48.4 Å². The molecule has 0 amide bonds. The number of benzene rings is 2. The molecule has 0 unspecified atom stereocenters. The van der Waals surface area contributed by atoms with Crippen LogP contribution >= 0.6 is 27.3 Å². The van der Waals surface area contributed by atoms with Crippen LogP contribution < -0.4 is 0 Å². The quantitative estimate of drug-likeness (QED) is 0.428. The number of fused-ring (bicyclic) bond motifs is 3. The summed E-state index contributed by atoms with van der Waals surface area (Å²) in [6, 6.07) is 19.1. The van der Waals surface area contributed by atoms with Gasteiger partial charge in [0.2, 0.25) is 0 Å². The number of nitrogens with zero attached hydrogens (tertiary/aromatic N) is 1. The Balaban J connectivity index is 2.23. The number of rotatable bonds is 1. The van der Waals surface area contributed by atoms with Gasteiger partial charge in [-0.05, 0) is 45.6 Å². The summed E-state index contributed by atoms with van der Waals surface area (Å²) in [5.41, 5.74) is 2.45. The van der Waals surface area contributed by atoms with Crippen LogP contribution in [0.4, 0.5) is 0 Å². The van der Waals surface area contributed by atoms with Crippen molar-refractivity contribution in [2.75, 3.05) is 0 Å². The Labute approximate surface area is 123 Å². The second-order valence-corrected chi connectivity index (χ2v) is 6.19. The summed E-state index contributed by atoms with van der Waals surface area (Å²) in [6.07, 6.45) is 0.